The Labute approximate surface area is 130 Å². The molecule has 0 bridgehead atoms. The molecule has 0 saturated heterocycles. The van der Waals surface area contributed by atoms with E-state index < -0.39 is 0 Å². The first-order valence-corrected chi connectivity index (χ1v) is 7.08. The molecule has 0 saturated carbocycles. The average Bonchev–Trinajstić information content (AvgIpc) is 3.07. The highest BCUT2D eigenvalue weighted by Gasteiger charge is 2.20. The predicted octanol–water partition coefficient (Wildman–Crippen LogP) is 2.34. The minimum Gasteiger partial charge on any atom is -0.497 e. The van der Waals surface area contributed by atoms with Crippen LogP contribution in [-0.4, -0.2) is 29.9 Å². The van der Waals surface area contributed by atoms with Gasteiger partial charge in [0.05, 0.1) is 20.3 Å². The molecule has 0 radical (unpaired) electrons. The van der Waals surface area contributed by atoms with Crippen molar-refractivity contribution in [3.8, 4) is 11.5 Å². The van der Waals surface area contributed by atoms with Gasteiger partial charge in [0.2, 0.25) is 5.91 Å². The van der Waals surface area contributed by atoms with Crippen molar-refractivity contribution in [2.75, 3.05) is 14.2 Å². The number of amides is 1. The second kappa shape index (κ2) is 6.98. The normalized spacial score (nSPS) is 13.3. The molecule has 1 N–H and O–H groups in total. The van der Waals surface area contributed by atoms with Crippen molar-refractivity contribution in [2.24, 2.45) is 0 Å². The lowest BCUT2D eigenvalue weighted by molar-refractivity contribution is -0.124. The lowest BCUT2D eigenvalue weighted by Gasteiger charge is -2.20. The Balaban J connectivity index is 2.14. The van der Waals surface area contributed by atoms with Crippen molar-refractivity contribution < 1.29 is 14.3 Å². The van der Waals surface area contributed by atoms with Crippen LogP contribution in [0.3, 0.4) is 0 Å². The van der Waals surface area contributed by atoms with Crippen molar-refractivity contribution in [3.63, 3.8) is 0 Å². The molecule has 1 aromatic heterocycles. The van der Waals surface area contributed by atoms with Crippen molar-refractivity contribution >= 4 is 5.91 Å². The second-order valence-electron chi connectivity index (χ2n) is 5.00. The zero-order valence-corrected chi connectivity index (χ0v) is 13.2. The maximum Gasteiger partial charge on any atom is 0.245 e. The largest absolute Gasteiger partial charge is 0.497 e. The molecule has 0 unspecified atom stereocenters. The summed E-state index contributed by atoms with van der Waals surface area (Å²) in [5.41, 5.74) is 0.864. The van der Waals surface area contributed by atoms with Crippen LogP contribution in [0.2, 0.25) is 0 Å². The van der Waals surface area contributed by atoms with Crippen molar-refractivity contribution in [2.45, 2.75) is 25.9 Å². The maximum absolute atomic E-state index is 12.3. The van der Waals surface area contributed by atoms with Crippen LogP contribution in [0, 0.1) is 0 Å². The third kappa shape index (κ3) is 3.39. The van der Waals surface area contributed by atoms with Crippen molar-refractivity contribution in [1.82, 2.24) is 15.1 Å². The highest BCUT2D eigenvalue weighted by atomic mass is 16.5. The highest BCUT2D eigenvalue weighted by molar-refractivity contribution is 5.80. The number of rotatable bonds is 6. The van der Waals surface area contributed by atoms with E-state index in [0.717, 1.165) is 11.3 Å². The number of aromatic nitrogens is 2. The molecule has 6 nitrogen and oxygen atoms in total. The molecular weight excluding hydrogens is 282 g/mol. The number of carbonyl (C=O) groups excluding carboxylic acids is 1. The van der Waals surface area contributed by atoms with E-state index in [1.807, 2.05) is 25.1 Å². The number of methoxy groups -OCH3 is 2. The van der Waals surface area contributed by atoms with Crippen LogP contribution in [0.1, 0.15) is 31.5 Å². The van der Waals surface area contributed by atoms with E-state index in [0.29, 0.717) is 5.75 Å². The Morgan fingerprint density at radius 3 is 2.64 bits per heavy atom. The van der Waals surface area contributed by atoms with Gasteiger partial charge in [-0.15, -0.1) is 0 Å². The van der Waals surface area contributed by atoms with Gasteiger partial charge in [0, 0.05) is 18.0 Å². The van der Waals surface area contributed by atoms with Gasteiger partial charge in [-0.3, -0.25) is 9.48 Å². The SMILES string of the molecule is COc1ccc(OC)c([C@@H](C)NC(=O)[C@@H](C)n2cccn2)c1. The van der Waals surface area contributed by atoms with E-state index >= 15 is 0 Å². The van der Waals surface area contributed by atoms with Gasteiger partial charge in [-0.2, -0.15) is 5.10 Å². The maximum atomic E-state index is 12.3. The number of hydrogen-bond donors (Lipinski definition) is 1. The minimum absolute atomic E-state index is 0.110. The molecular formula is C16H21N3O3. The van der Waals surface area contributed by atoms with Crippen LogP contribution in [-0.2, 0) is 4.79 Å². The van der Waals surface area contributed by atoms with E-state index in [1.165, 1.54) is 0 Å². The fraction of sp³-hybridized carbons (Fsp3) is 0.375. The summed E-state index contributed by atoms with van der Waals surface area (Å²) in [4.78, 5) is 12.3. The molecule has 0 aliphatic carbocycles. The zero-order chi connectivity index (χ0) is 16.1. The lowest BCUT2D eigenvalue weighted by atomic mass is 10.1. The first kappa shape index (κ1) is 15.9. The lowest BCUT2D eigenvalue weighted by Crippen LogP contribution is -2.33. The molecule has 0 spiro atoms. The summed E-state index contributed by atoms with van der Waals surface area (Å²) < 4.78 is 12.2. The number of carbonyl (C=O) groups is 1. The summed E-state index contributed by atoms with van der Waals surface area (Å²) in [6, 6.07) is 6.71. The van der Waals surface area contributed by atoms with E-state index in [9.17, 15) is 4.79 Å². The van der Waals surface area contributed by atoms with Gasteiger partial charge < -0.3 is 14.8 Å². The number of nitrogens with zero attached hydrogens (tertiary/aromatic N) is 2. The van der Waals surface area contributed by atoms with Crippen LogP contribution in [0.4, 0.5) is 0 Å². The van der Waals surface area contributed by atoms with Gasteiger partial charge in [-0.05, 0) is 38.1 Å². The Morgan fingerprint density at radius 1 is 1.27 bits per heavy atom. The summed E-state index contributed by atoms with van der Waals surface area (Å²) >= 11 is 0. The molecule has 2 rings (SSSR count). The summed E-state index contributed by atoms with van der Waals surface area (Å²) in [5.74, 6) is 1.32. The number of hydrogen-bond acceptors (Lipinski definition) is 4. The molecule has 0 aliphatic rings. The van der Waals surface area contributed by atoms with E-state index in [4.69, 9.17) is 9.47 Å². The van der Waals surface area contributed by atoms with Crippen LogP contribution in [0.15, 0.2) is 36.7 Å². The topological polar surface area (TPSA) is 65.4 Å². The summed E-state index contributed by atoms with van der Waals surface area (Å²) in [5, 5.41) is 7.06. The molecule has 2 aromatic rings. The summed E-state index contributed by atoms with van der Waals surface area (Å²) in [6.07, 6.45) is 3.42. The third-order valence-electron chi connectivity index (χ3n) is 3.56. The molecule has 22 heavy (non-hydrogen) atoms. The number of nitrogens with one attached hydrogen (secondary N) is 1. The quantitative estimate of drug-likeness (QED) is 0.889. The Morgan fingerprint density at radius 2 is 2.05 bits per heavy atom. The van der Waals surface area contributed by atoms with Crippen LogP contribution < -0.4 is 14.8 Å². The molecule has 1 aromatic carbocycles. The van der Waals surface area contributed by atoms with E-state index in [-0.39, 0.29) is 18.0 Å². The molecule has 118 valence electrons. The van der Waals surface area contributed by atoms with Crippen molar-refractivity contribution in [1.29, 1.82) is 0 Å². The zero-order valence-electron chi connectivity index (χ0n) is 13.2. The average molecular weight is 303 g/mol. The number of benzene rings is 1. The van der Waals surface area contributed by atoms with Gasteiger partial charge in [0.15, 0.2) is 0 Å². The molecule has 0 fully saturated rings. The first-order valence-electron chi connectivity index (χ1n) is 7.08. The Hall–Kier alpha value is -2.50. The minimum atomic E-state index is -0.381. The number of ether oxygens (including phenoxy) is 2. The monoisotopic (exact) mass is 303 g/mol. The fourth-order valence-electron chi connectivity index (χ4n) is 2.22. The van der Waals surface area contributed by atoms with Crippen LogP contribution in [0.25, 0.3) is 0 Å². The van der Waals surface area contributed by atoms with E-state index in [2.05, 4.69) is 10.4 Å². The van der Waals surface area contributed by atoms with Gasteiger partial charge >= 0.3 is 0 Å². The molecule has 0 aliphatic heterocycles. The Kier molecular flexibility index (Phi) is 5.04. The molecule has 1 heterocycles. The third-order valence-corrected chi connectivity index (χ3v) is 3.56. The Bertz CT molecular complexity index is 626. The van der Waals surface area contributed by atoms with Crippen LogP contribution in [0.5, 0.6) is 11.5 Å². The van der Waals surface area contributed by atoms with Gasteiger partial charge in [0.1, 0.15) is 17.5 Å². The smallest absolute Gasteiger partial charge is 0.245 e. The van der Waals surface area contributed by atoms with Gasteiger partial charge in [-0.25, -0.2) is 0 Å². The van der Waals surface area contributed by atoms with E-state index in [1.54, 1.807) is 44.3 Å². The molecule has 1 amide bonds. The van der Waals surface area contributed by atoms with Gasteiger partial charge in [0.25, 0.3) is 0 Å². The fourth-order valence-corrected chi connectivity index (χ4v) is 2.22. The molecule has 2 atom stereocenters. The summed E-state index contributed by atoms with van der Waals surface area (Å²) in [7, 11) is 3.21. The summed E-state index contributed by atoms with van der Waals surface area (Å²) in [6.45, 7) is 3.71. The second-order valence-corrected chi connectivity index (χ2v) is 5.00. The van der Waals surface area contributed by atoms with Gasteiger partial charge in [-0.1, -0.05) is 0 Å². The molecule has 6 heteroatoms. The van der Waals surface area contributed by atoms with Crippen LogP contribution >= 0.6 is 0 Å². The van der Waals surface area contributed by atoms with Crippen molar-refractivity contribution in [3.05, 3.63) is 42.2 Å². The first-order chi connectivity index (χ1) is 10.6. The predicted molar refractivity (Wildman–Crippen MR) is 83.0 cm³/mol. The highest BCUT2D eigenvalue weighted by Crippen LogP contribution is 2.29. The standard InChI is InChI=1S/C16H21N3O3/c1-11(14-10-13(21-3)6-7-15(14)22-4)18-16(20)12(2)19-9-5-8-17-19/h5-12H,1-4H3,(H,18,20)/t11-,12-/m1/s1.